The van der Waals surface area contributed by atoms with Crippen molar-refractivity contribution < 1.29 is 9.53 Å². The molecule has 0 aromatic heterocycles. The molecule has 2 atom stereocenters. The van der Waals surface area contributed by atoms with Crippen molar-refractivity contribution in [1.29, 1.82) is 0 Å². The molecular formula is C14H27NO2. The van der Waals surface area contributed by atoms with Crippen LogP contribution in [0.15, 0.2) is 0 Å². The molecule has 0 spiro atoms. The zero-order valence-electron chi connectivity index (χ0n) is 11.7. The van der Waals surface area contributed by atoms with E-state index in [-0.39, 0.29) is 17.4 Å². The molecule has 1 N–H and O–H groups in total. The molecule has 0 aromatic carbocycles. The van der Waals surface area contributed by atoms with Crippen molar-refractivity contribution in [2.24, 2.45) is 5.41 Å². The van der Waals surface area contributed by atoms with E-state index < -0.39 is 0 Å². The highest BCUT2D eigenvalue weighted by Crippen LogP contribution is 2.35. The Kier molecular flexibility index (Phi) is 5.44. The third kappa shape index (κ3) is 3.98. The zero-order chi connectivity index (χ0) is 12.9. The van der Waals surface area contributed by atoms with Crippen LogP contribution < -0.4 is 5.32 Å². The van der Waals surface area contributed by atoms with Gasteiger partial charge in [-0.25, -0.2) is 0 Å². The topological polar surface area (TPSA) is 38.3 Å². The molecule has 2 unspecified atom stereocenters. The van der Waals surface area contributed by atoms with Crippen molar-refractivity contribution in [3.8, 4) is 0 Å². The maximum atomic E-state index is 11.8. The van der Waals surface area contributed by atoms with E-state index in [0.717, 1.165) is 6.42 Å². The van der Waals surface area contributed by atoms with Gasteiger partial charge in [-0.15, -0.1) is 0 Å². The summed E-state index contributed by atoms with van der Waals surface area (Å²) in [6.07, 6.45) is 5.78. The van der Waals surface area contributed by atoms with E-state index in [1.54, 1.807) is 0 Å². The predicted octanol–water partition coefficient (Wildman–Crippen LogP) is 2.89. The molecule has 17 heavy (non-hydrogen) atoms. The third-order valence-corrected chi connectivity index (χ3v) is 3.89. The van der Waals surface area contributed by atoms with Crippen LogP contribution >= 0.6 is 0 Å². The number of carbonyl (C=O) groups excluding carboxylic acids is 1. The first-order valence-electron chi connectivity index (χ1n) is 6.94. The first-order valence-corrected chi connectivity index (χ1v) is 6.94. The van der Waals surface area contributed by atoms with Gasteiger partial charge in [-0.1, -0.05) is 33.6 Å². The number of hydrogen-bond acceptors (Lipinski definition) is 3. The lowest BCUT2D eigenvalue weighted by Crippen LogP contribution is -2.51. The Morgan fingerprint density at radius 1 is 1.41 bits per heavy atom. The minimum Gasteiger partial charge on any atom is -0.465 e. The highest BCUT2D eigenvalue weighted by molar-refractivity contribution is 5.75. The van der Waals surface area contributed by atoms with Crippen molar-refractivity contribution in [2.45, 2.75) is 71.9 Å². The Hall–Kier alpha value is -0.570. The molecule has 0 saturated heterocycles. The normalized spacial score (nSPS) is 25.3. The van der Waals surface area contributed by atoms with E-state index >= 15 is 0 Å². The van der Waals surface area contributed by atoms with E-state index in [1.807, 2.05) is 13.8 Å². The van der Waals surface area contributed by atoms with Gasteiger partial charge in [-0.2, -0.15) is 0 Å². The summed E-state index contributed by atoms with van der Waals surface area (Å²) < 4.78 is 5.10. The monoisotopic (exact) mass is 241 g/mol. The molecule has 1 aliphatic rings. The first-order chi connectivity index (χ1) is 8.01. The molecule has 0 aliphatic heterocycles. The van der Waals surface area contributed by atoms with Gasteiger partial charge in [0, 0.05) is 6.04 Å². The highest BCUT2D eigenvalue weighted by Gasteiger charge is 2.34. The van der Waals surface area contributed by atoms with Crippen LogP contribution in [0, 0.1) is 5.41 Å². The van der Waals surface area contributed by atoms with E-state index in [4.69, 9.17) is 4.74 Å². The maximum Gasteiger partial charge on any atom is 0.323 e. The molecule has 1 rings (SSSR count). The van der Waals surface area contributed by atoms with Gasteiger partial charge in [0.1, 0.15) is 6.04 Å². The predicted molar refractivity (Wildman–Crippen MR) is 69.9 cm³/mol. The van der Waals surface area contributed by atoms with Crippen molar-refractivity contribution in [2.75, 3.05) is 6.61 Å². The largest absolute Gasteiger partial charge is 0.465 e. The summed E-state index contributed by atoms with van der Waals surface area (Å²) in [5.74, 6) is -0.101. The Balaban J connectivity index is 2.57. The van der Waals surface area contributed by atoms with Gasteiger partial charge in [0.05, 0.1) is 6.61 Å². The van der Waals surface area contributed by atoms with Crippen LogP contribution in [0.1, 0.15) is 59.8 Å². The molecule has 100 valence electrons. The van der Waals surface area contributed by atoms with Gasteiger partial charge in [0.2, 0.25) is 0 Å². The average molecular weight is 241 g/mol. The van der Waals surface area contributed by atoms with Crippen LogP contribution in [0.2, 0.25) is 0 Å². The van der Waals surface area contributed by atoms with Crippen LogP contribution in [-0.4, -0.2) is 24.7 Å². The number of nitrogens with one attached hydrogen (secondary N) is 1. The van der Waals surface area contributed by atoms with Crippen LogP contribution in [0.5, 0.6) is 0 Å². The summed E-state index contributed by atoms with van der Waals surface area (Å²) in [6.45, 7) is 8.94. The molecular weight excluding hydrogens is 214 g/mol. The van der Waals surface area contributed by atoms with E-state index in [1.165, 1.54) is 25.7 Å². The van der Waals surface area contributed by atoms with E-state index in [0.29, 0.717) is 12.6 Å². The molecule has 3 nitrogen and oxygen atoms in total. The van der Waals surface area contributed by atoms with E-state index in [9.17, 15) is 4.79 Å². The molecule has 1 fully saturated rings. The Labute approximate surface area is 105 Å². The van der Waals surface area contributed by atoms with Crippen LogP contribution in [0.3, 0.4) is 0 Å². The van der Waals surface area contributed by atoms with Gasteiger partial charge in [-0.05, 0) is 31.6 Å². The number of esters is 1. The second-order valence-corrected chi connectivity index (χ2v) is 5.67. The summed E-state index contributed by atoms with van der Waals surface area (Å²) >= 11 is 0. The molecule has 0 radical (unpaired) electrons. The number of hydrogen-bond donors (Lipinski definition) is 1. The molecule has 1 saturated carbocycles. The third-order valence-electron chi connectivity index (χ3n) is 3.89. The molecule has 0 bridgehead atoms. The first kappa shape index (κ1) is 14.5. The van der Waals surface area contributed by atoms with Gasteiger partial charge in [-0.3, -0.25) is 4.79 Å². The standard InChI is InChI=1S/C14H27NO2/c1-5-11(13(16)17-6-2)15-12-9-7-8-10-14(12,3)4/h11-12,15H,5-10H2,1-4H3. The summed E-state index contributed by atoms with van der Waals surface area (Å²) in [5.41, 5.74) is 0.290. The van der Waals surface area contributed by atoms with Crippen molar-refractivity contribution >= 4 is 5.97 Å². The summed E-state index contributed by atoms with van der Waals surface area (Å²) in [4.78, 5) is 11.8. The van der Waals surface area contributed by atoms with Crippen LogP contribution in [0.4, 0.5) is 0 Å². The second-order valence-electron chi connectivity index (χ2n) is 5.67. The minimum absolute atomic E-state index is 0.101. The van der Waals surface area contributed by atoms with Gasteiger partial charge in [0.15, 0.2) is 0 Å². The van der Waals surface area contributed by atoms with Gasteiger partial charge in [0.25, 0.3) is 0 Å². The zero-order valence-corrected chi connectivity index (χ0v) is 11.7. The summed E-state index contributed by atoms with van der Waals surface area (Å²) in [7, 11) is 0. The number of rotatable bonds is 5. The molecule has 3 heteroatoms. The van der Waals surface area contributed by atoms with Crippen LogP contribution in [0.25, 0.3) is 0 Å². The van der Waals surface area contributed by atoms with Crippen molar-refractivity contribution in [1.82, 2.24) is 5.32 Å². The lowest BCUT2D eigenvalue weighted by Gasteiger charge is -2.40. The fraction of sp³-hybridized carbons (Fsp3) is 0.929. The number of carbonyl (C=O) groups is 1. The van der Waals surface area contributed by atoms with Crippen molar-refractivity contribution in [3.05, 3.63) is 0 Å². The molecule has 0 aromatic rings. The smallest absolute Gasteiger partial charge is 0.323 e. The summed E-state index contributed by atoms with van der Waals surface area (Å²) in [6, 6.07) is 0.294. The lowest BCUT2D eigenvalue weighted by molar-refractivity contribution is -0.146. The van der Waals surface area contributed by atoms with Gasteiger partial charge < -0.3 is 10.1 Å². The molecule has 0 amide bonds. The van der Waals surface area contributed by atoms with E-state index in [2.05, 4.69) is 19.2 Å². The molecule has 0 heterocycles. The Morgan fingerprint density at radius 3 is 2.65 bits per heavy atom. The van der Waals surface area contributed by atoms with Crippen molar-refractivity contribution in [3.63, 3.8) is 0 Å². The second kappa shape index (κ2) is 6.39. The van der Waals surface area contributed by atoms with Gasteiger partial charge >= 0.3 is 5.97 Å². The quantitative estimate of drug-likeness (QED) is 0.752. The molecule has 1 aliphatic carbocycles. The average Bonchev–Trinajstić information content (AvgIpc) is 2.27. The SMILES string of the molecule is CCOC(=O)C(CC)NC1CCCCC1(C)C. The fourth-order valence-corrected chi connectivity index (χ4v) is 2.64. The number of ether oxygens (including phenoxy) is 1. The Bertz CT molecular complexity index is 251. The minimum atomic E-state index is -0.141. The lowest BCUT2D eigenvalue weighted by atomic mass is 9.73. The fourth-order valence-electron chi connectivity index (χ4n) is 2.64. The van der Waals surface area contributed by atoms with Crippen LogP contribution in [-0.2, 0) is 9.53 Å². The Morgan fingerprint density at radius 2 is 2.12 bits per heavy atom. The summed E-state index contributed by atoms with van der Waals surface area (Å²) in [5, 5.41) is 3.51. The maximum absolute atomic E-state index is 11.8. The highest BCUT2D eigenvalue weighted by atomic mass is 16.5.